The van der Waals surface area contributed by atoms with Gasteiger partial charge in [-0.05, 0) is 48.5 Å². The number of phenols is 1. The molecule has 0 aliphatic carbocycles. The number of nitrogens with zero attached hydrogens (tertiary/aromatic N) is 1. The van der Waals surface area contributed by atoms with Gasteiger partial charge in [0.1, 0.15) is 11.5 Å². The average Bonchev–Trinajstić information content (AvgIpc) is 2.47. The van der Waals surface area contributed by atoms with Gasteiger partial charge in [0.15, 0.2) is 0 Å². The number of rotatable bonds is 4. The molecule has 0 unspecified atom stereocenters. The fourth-order valence-corrected chi connectivity index (χ4v) is 2.90. The molecule has 2 rings (SSSR count). The maximum Gasteiger partial charge on any atom is 0.264 e. The van der Waals surface area contributed by atoms with Crippen molar-refractivity contribution in [2.24, 2.45) is 0 Å². The number of ether oxygens (including phenoxy) is 1. The van der Waals surface area contributed by atoms with Crippen LogP contribution in [0.4, 0.5) is 5.69 Å². The summed E-state index contributed by atoms with van der Waals surface area (Å²) in [5.74, 6) is 0.681. The van der Waals surface area contributed by atoms with Gasteiger partial charge in [0.25, 0.3) is 10.0 Å². The topological polar surface area (TPSA) is 66.8 Å². The summed E-state index contributed by atoms with van der Waals surface area (Å²) in [7, 11) is -0.650. The highest BCUT2D eigenvalue weighted by Crippen LogP contribution is 2.24. The number of hydrogen-bond donors (Lipinski definition) is 1. The lowest BCUT2D eigenvalue weighted by Gasteiger charge is -2.19. The minimum Gasteiger partial charge on any atom is -0.508 e. The molecule has 1 N–H and O–H groups in total. The lowest BCUT2D eigenvalue weighted by atomic mass is 10.3. The Morgan fingerprint density at radius 3 is 2.05 bits per heavy atom. The van der Waals surface area contributed by atoms with Crippen LogP contribution in [0.1, 0.15) is 0 Å². The van der Waals surface area contributed by atoms with Gasteiger partial charge in [-0.15, -0.1) is 0 Å². The molecule has 0 radical (unpaired) electrons. The van der Waals surface area contributed by atoms with Crippen molar-refractivity contribution in [2.45, 2.75) is 4.90 Å². The van der Waals surface area contributed by atoms with Gasteiger partial charge in [-0.3, -0.25) is 4.31 Å². The van der Waals surface area contributed by atoms with Crippen LogP contribution in [0.15, 0.2) is 53.4 Å². The minimum absolute atomic E-state index is 0.0870. The van der Waals surface area contributed by atoms with Crippen molar-refractivity contribution < 1.29 is 18.3 Å². The first-order valence-electron chi connectivity index (χ1n) is 5.87. The van der Waals surface area contributed by atoms with Crippen LogP contribution in [0, 0.1) is 0 Å². The second-order valence-electron chi connectivity index (χ2n) is 4.16. The molecule has 0 aromatic heterocycles. The smallest absolute Gasteiger partial charge is 0.264 e. The Hall–Kier alpha value is -2.21. The zero-order chi connectivity index (χ0) is 14.8. The fraction of sp³-hybridized carbons (Fsp3) is 0.143. The summed E-state index contributed by atoms with van der Waals surface area (Å²) in [6.07, 6.45) is 0. The molecule has 0 atom stereocenters. The van der Waals surface area contributed by atoms with E-state index < -0.39 is 10.0 Å². The predicted octanol–water partition coefficient (Wildman–Crippen LogP) is 2.23. The Morgan fingerprint density at radius 2 is 1.55 bits per heavy atom. The predicted molar refractivity (Wildman–Crippen MR) is 76.7 cm³/mol. The first-order chi connectivity index (χ1) is 9.45. The molecule has 0 fully saturated rings. The molecule has 20 heavy (non-hydrogen) atoms. The summed E-state index contributed by atoms with van der Waals surface area (Å²) in [6, 6.07) is 12.1. The van der Waals surface area contributed by atoms with Crippen LogP contribution in [0.2, 0.25) is 0 Å². The molecule has 0 amide bonds. The summed E-state index contributed by atoms with van der Waals surface area (Å²) in [4.78, 5) is 0.175. The summed E-state index contributed by atoms with van der Waals surface area (Å²) in [5.41, 5.74) is 0.471. The van der Waals surface area contributed by atoms with Crippen LogP contribution in [-0.4, -0.2) is 27.7 Å². The van der Waals surface area contributed by atoms with E-state index in [1.807, 2.05) is 0 Å². The third kappa shape index (κ3) is 2.70. The van der Waals surface area contributed by atoms with Crippen molar-refractivity contribution in [1.82, 2.24) is 0 Å². The highest BCUT2D eigenvalue weighted by Gasteiger charge is 2.21. The van der Waals surface area contributed by atoms with E-state index in [1.54, 1.807) is 12.1 Å². The van der Waals surface area contributed by atoms with Crippen molar-refractivity contribution in [3.05, 3.63) is 48.5 Å². The summed E-state index contributed by atoms with van der Waals surface area (Å²) in [5, 5.41) is 9.23. The summed E-state index contributed by atoms with van der Waals surface area (Å²) >= 11 is 0. The molecule has 5 nitrogen and oxygen atoms in total. The molecular formula is C14H15NO4S. The number of benzene rings is 2. The van der Waals surface area contributed by atoms with Gasteiger partial charge < -0.3 is 9.84 Å². The number of sulfonamides is 1. The zero-order valence-corrected chi connectivity index (χ0v) is 12.0. The van der Waals surface area contributed by atoms with Gasteiger partial charge in [-0.2, -0.15) is 0 Å². The Labute approximate surface area is 118 Å². The molecular weight excluding hydrogens is 278 g/mol. The molecule has 0 saturated carbocycles. The largest absolute Gasteiger partial charge is 0.508 e. The number of phenolic OH excluding ortho intramolecular Hbond substituents is 1. The third-order valence-corrected chi connectivity index (χ3v) is 4.73. The van der Waals surface area contributed by atoms with Crippen LogP contribution in [0.25, 0.3) is 0 Å². The van der Waals surface area contributed by atoms with Crippen LogP contribution < -0.4 is 9.04 Å². The Morgan fingerprint density at radius 1 is 1.00 bits per heavy atom. The van der Waals surface area contributed by atoms with E-state index in [2.05, 4.69) is 0 Å². The minimum atomic E-state index is -3.63. The maximum absolute atomic E-state index is 12.4. The number of anilines is 1. The van der Waals surface area contributed by atoms with Gasteiger partial charge >= 0.3 is 0 Å². The Bertz CT molecular complexity index is 678. The van der Waals surface area contributed by atoms with Crippen molar-refractivity contribution >= 4 is 15.7 Å². The Kier molecular flexibility index (Phi) is 3.85. The molecule has 106 valence electrons. The van der Waals surface area contributed by atoms with Gasteiger partial charge in [-0.1, -0.05) is 0 Å². The van der Waals surface area contributed by atoms with E-state index in [0.717, 1.165) is 4.31 Å². The average molecular weight is 293 g/mol. The van der Waals surface area contributed by atoms with Gasteiger partial charge in [0.2, 0.25) is 0 Å². The number of methoxy groups -OCH3 is 1. The van der Waals surface area contributed by atoms with Crippen molar-refractivity contribution in [1.29, 1.82) is 0 Å². The quantitative estimate of drug-likeness (QED) is 0.938. The third-order valence-electron chi connectivity index (χ3n) is 2.93. The summed E-state index contributed by atoms with van der Waals surface area (Å²) in [6.45, 7) is 0. The molecule has 6 heteroatoms. The SMILES string of the molecule is COc1ccc(S(=O)(=O)N(C)c2ccc(O)cc2)cc1. The second kappa shape index (κ2) is 5.42. The van der Waals surface area contributed by atoms with E-state index in [9.17, 15) is 13.5 Å². The van der Waals surface area contributed by atoms with E-state index in [1.165, 1.54) is 50.6 Å². The fourth-order valence-electron chi connectivity index (χ4n) is 1.71. The lowest BCUT2D eigenvalue weighted by Crippen LogP contribution is -2.26. The van der Waals surface area contributed by atoms with E-state index >= 15 is 0 Å². The van der Waals surface area contributed by atoms with Crippen molar-refractivity contribution in [3.63, 3.8) is 0 Å². The van der Waals surface area contributed by atoms with Gasteiger partial charge in [-0.25, -0.2) is 8.42 Å². The number of aromatic hydroxyl groups is 1. The first-order valence-corrected chi connectivity index (χ1v) is 7.31. The van der Waals surface area contributed by atoms with Crippen molar-refractivity contribution in [3.8, 4) is 11.5 Å². The normalized spacial score (nSPS) is 11.1. The van der Waals surface area contributed by atoms with E-state index in [4.69, 9.17) is 4.74 Å². The molecule has 0 aliphatic rings. The maximum atomic E-state index is 12.4. The second-order valence-corrected chi connectivity index (χ2v) is 6.13. The zero-order valence-electron chi connectivity index (χ0n) is 11.1. The molecule has 0 bridgehead atoms. The molecule has 0 aliphatic heterocycles. The molecule has 0 saturated heterocycles. The monoisotopic (exact) mass is 293 g/mol. The van der Waals surface area contributed by atoms with Gasteiger partial charge in [0.05, 0.1) is 17.7 Å². The number of hydrogen-bond acceptors (Lipinski definition) is 4. The first kappa shape index (κ1) is 14.2. The van der Waals surface area contributed by atoms with Crippen LogP contribution in [0.3, 0.4) is 0 Å². The molecule has 2 aromatic rings. The molecule has 2 aromatic carbocycles. The van der Waals surface area contributed by atoms with E-state index in [-0.39, 0.29) is 10.6 Å². The lowest BCUT2D eigenvalue weighted by molar-refractivity contribution is 0.414. The summed E-state index contributed by atoms with van der Waals surface area (Å²) < 4.78 is 31.0. The van der Waals surface area contributed by atoms with Crippen molar-refractivity contribution in [2.75, 3.05) is 18.5 Å². The van der Waals surface area contributed by atoms with Crippen LogP contribution in [0.5, 0.6) is 11.5 Å². The highest BCUT2D eigenvalue weighted by atomic mass is 32.2. The molecule has 0 spiro atoms. The standard InChI is InChI=1S/C14H15NO4S/c1-15(11-3-5-12(16)6-4-11)20(17,18)14-9-7-13(19-2)8-10-14/h3-10,16H,1-2H3. The van der Waals surface area contributed by atoms with Crippen LogP contribution in [-0.2, 0) is 10.0 Å². The van der Waals surface area contributed by atoms with Crippen LogP contribution >= 0.6 is 0 Å². The van der Waals surface area contributed by atoms with Gasteiger partial charge in [0, 0.05) is 7.05 Å². The molecule has 0 heterocycles. The highest BCUT2D eigenvalue weighted by molar-refractivity contribution is 7.92. The Balaban J connectivity index is 2.35. The van der Waals surface area contributed by atoms with E-state index in [0.29, 0.717) is 11.4 Å².